The van der Waals surface area contributed by atoms with Gasteiger partial charge in [0.2, 0.25) is 0 Å². The molecule has 0 aromatic heterocycles. The Balaban J connectivity index is 1.80. The van der Waals surface area contributed by atoms with Gasteiger partial charge in [-0.25, -0.2) is 0 Å². The molecule has 19 atom stereocenters. The zero-order valence-corrected chi connectivity index (χ0v) is 38.3. The van der Waals surface area contributed by atoms with E-state index in [4.69, 9.17) is 33.2 Å². The van der Waals surface area contributed by atoms with Crippen LogP contribution in [0.1, 0.15) is 115 Å². The maximum Gasteiger partial charge on any atom is 0.311 e. The van der Waals surface area contributed by atoms with E-state index in [1.807, 2.05) is 60.5 Å². The van der Waals surface area contributed by atoms with E-state index in [0.29, 0.717) is 19.5 Å². The van der Waals surface area contributed by atoms with E-state index < -0.39 is 95.5 Å². The van der Waals surface area contributed by atoms with Gasteiger partial charge in [-0.1, -0.05) is 27.7 Å². The summed E-state index contributed by atoms with van der Waals surface area (Å²) in [4.78, 5) is 18.7. The van der Waals surface area contributed by atoms with Gasteiger partial charge in [-0.05, 0) is 108 Å². The van der Waals surface area contributed by atoms with E-state index in [2.05, 4.69) is 17.1 Å². The third-order valence-electron chi connectivity index (χ3n) is 14.0. The van der Waals surface area contributed by atoms with Crippen molar-refractivity contribution in [1.82, 2.24) is 15.1 Å². The van der Waals surface area contributed by atoms with Gasteiger partial charge in [-0.3, -0.25) is 9.69 Å². The zero-order chi connectivity index (χ0) is 43.7. The van der Waals surface area contributed by atoms with Gasteiger partial charge >= 0.3 is 5.97 Å². The van der Waals surface area contributed by atoms with Crippen LogP contribution in [0.25, 0.3) is 0 Å². The summed E-state index contributed by atoms with van der Waals surface area (Å²) in [6.45, 7) is 24.2. The monoisotopic (exact) mass is 832 g/mol. The van der Waals surface area contributed by atoms with Crippen LogP contribution in [-0.4, -0.2) is 173 Å². The normalized spacial score (nSPS) is 49.4. The first-order valence-corrected chi connectivity index (χ1v) is 21.9. The molecule has 4 aliphatic heterocycles. The highest BCUT2D eigenvalue weighted by Gasteiger charge is 2.64. The zero-order valence-electron chi connectivity index (χ0n) is 38.3. The number of methoxy groups -OCH3 is 1. The number of hydrogen-bond acceptors (Lipinski definition) is 15. The fraction of sp³-hybridized carbons (Fsp3) is 0.977. The Labute approximate surface area is 348 Å². The average molecular weight is 832 g/mol. The van der Waals surface area contributed by atoms with Crippen molar-refractivity contribution in [3.63, 3.8) is 0 Å². The van der Waals surface area contributed by atoms with Gasteiger partial charge in [0.1, 0.15) is 41.3 Å². The summed E-state index contributed by atoms with van der Waals surface area (Å²) in [5.41, 5.74) is -5.02. The summed E-state index contributed by atoms with van der Waals surface area (Å²) in [6.07, 6.45) is -5.99. The molecule has 0 radical (unpaired) electrons. The quantitative estimate of drug-likeness (QED) is 0.214. The van der Waals surface area contributed by atoms with Crippen molar-refractivity contribution in [2.45, 2.75) is 211 Å². The summed E-state index contributed by atoms with van der Waals surface area (Å²) < 4.78 is 45.9. The fourth-order valence-corrected chi connectivity index (χ4v) is 10.3. The van der Waals surface area contributed by atoms with Crippen molar-refractivity contribution in [2.75, 3.05) is 40.8 Å². The molecule has 0 bridgehead atoms. The van der Waals surface area contributed by atoms with E-state index in [-0.39, 0.29) is 43.6 Å². The first kappa shape index (κ1) is 49.6. The second-order valence-electron chi connectivity index (χ2n) is 19.2. The van der Waals surface area contributed by atoms with Crippen LogP contribution in [0.2, 0.25) is 0 Å². The predicted octanol–water partition coefficient (Wildman–Crippen LogP) is 3.02. The molecule has 4 heterocycles. The molecular formula is C43H81N3O12. The van der Waals surface area contributed by atoms with E-state index in [9.17, 15) is 25.2 Å². The predicted molar refractivity (Wildman–Crippen MR) is 219 cm³/mol. The van der Waals surface area contributed by atoms with Crippen LogP contribution in [0, 0.1) is 17.8 Å². The molecule has 0 aliphatic carbocycles. The molecule has 1 spiro atoms. The van der Waals surface area contributed by atoms with Gasteiger partial charge in [0.25, 0.3) is 0 Å². The van der Waals surface area contributed by atoms with Crippen molar-refractivity contribution < 1.29 is 58.4 Å². The highest BCUT2D eigenvalue weighted by Crippen LogP contribution is 2.48. The number of cyclic esters (lactones) is 1. The molecule has 15 nitrogen and oxygen atoms in total. The average Bonchev–Trinajstić information content (AvgIpc) is 3.49. The van der Waals surface area contributed by atoms with Gasteiger partial charge in [-0.2, -0.15) is 0 Å². The van der Waals surface area contributed by atoms with Gasteiger partial charge in [0, 0.05) is 44.6 Å². The lowest BCUT2D eigenvalue weighted by Crippen LogP contribution is -2.68. The Morgan fingerprint density at radius 2 is 1.62 bits per heavy atom. The van der Waals surface area contributed by atoms with Gasteiger partial charge < -0.3 is 63.8 Å². The van der Waals surface area contributed by atoms with Crippen LogP contribution in [0.3, 0.4) is 0 Å². The number of ether oxygens (including phenoxy) is 7. The number of esters is 1. The fourth-order valence-electron chi connectivity index (χ4n) is 10.3. The Morgan fingerprint density at radius 1 is 0.966 bits per heavy atom. The minimum absolute atomic E-state index is 0.147. The molecule has 4 aliphatic rings. The highest BCUT2D eigenvalue weighted by atomic mass is 16.7. The lowest BCUT2D eigenvalue weighted by Gasteiger charge is -2.54. The molecule has 340 valence electrons. The maximum absolute atomic E-state index is 14.4. The SMILES string of the molecule is CCCN1C[C@]2(OC1C)[C@H](C)O[C@@H](O[C@H]1[C@H](C)[C@@H](O[C@@H]3O[C@H](C)C[C@H](N(C)C)[C@H]3O)C(C)(O)C[C@@H](C)CN[C@H](C)[C@@H](O)[C@](C)(O)[C@@H](CC)OC(=O)[C@@H]1C)C[C@@]2(C)OC. The molecule has 0 aromatic carbocycles. The number of carbonyl (C=O) groups is 1. The first-order chi connectivity index (χ1) is 26.9. The Kier molecular flexibility index (Phi) is 16.7. The first-order valence-electron chi connectivity index (χ1n) is 21.9. The van der Waals surface area contributed by atoms with Crippen molar-refractivity contribution >= 4 is 5.97 Å². The highest BCUT2D eigenvalue weighted by molar-refractivity contribution is 5.73. The van der Waals surface area contributed by atoms with Crippen LogP contribution in [0.5, 0.6) is 0 Å². The van der Waals surface area contributed by atoms with E-state index in [1.54, 1.807) is 34.8 Å². The van der Waals surface area contributed by atoms with Crippen molar-refractivity contribution in [3.05, 3.63) is 0 Å². The Bertz CT molecular complexity index is 1330. The second kappa shape index (κ2) is 19.6. The lowest BCUT2D eigenvalue weighted by atomic mass is 9.75. The third kappa shape index (κ3) is 10.2. The summed E-state index contributed by atoms with van der Waals surface area (Å²) in [5.74, 6) is -2.53. The number of aliphatic hydroxyl groups excluding tert-OH is 2. The van der Waals surface area contributed by atoms with Crippen LogP contribution in [0.4, 0.5) is 0 Å². The lowest BCUT2D eigenvalue weighted by molar-refractivity contribution is -0.338. The molecule has 58 heavy (non-hydrogen) atoms. The van der Waals surface area contributed by atoms with Crippen molar-refractivity contribution in [2.24, 2.45) is 17.8 Å². The van der Waals surface area contributed by atoms with Crippen molar-refractivity contribution in [3.8, 4) is 0 Å². The number of nitrogens with one attached hydrogen (secondary N) is 1. The van der Waals surface area contributed by atoms with Gasteiger partial charge in [0.15, 0.2) is 12.6 Å². The Hall–Kier alpha value is -1.05. The largest absolute Gasteiger partial charge is 0.459 e. The summed E-state index contributed by atoms with van der Waals surface area (Å²) in [7, 11) is 5.47. The smallest absolute Gasteiger partial charge is 0.311 e. The molecule has 0 aromatic rings. The second-order valence-corrected chi connectivity index (χ2v) is 19.2. The Morgan fingerprint density at radius 3 is 2.21 bits per heavy atom. The molecule has 2 unspecified atom stereocenters. The van der Waals surface area contributed by atoms with E-state index >= 15 is 0 Å². The summed E-state index contributed by atoms with van der Waals surface area (Å²) in [5, 5.41) is 50.7. The van der Waals surface area contributed by atoms with Crippen LogP contribution in [-0.2, 0) is 38.0 Å². The van der Waals surface area contributed by atoms with Crippen LogP contribution in [0.15, 0.2) is 0 Å². The minimum atomic E-state index is -1.80. The number of rotatable bonds is 9. The van der Waals surface area contributed by atoms with E-state index in [1.165, 1.54) is 6.92 Å². The van der Waals surface area contributed by atoms with Gasteiger partial charge in [-0.15, -0.1) is 0 Å². The third-order valence-corrected chi connectivity index (χ3v) is 14.0. The van der Waals surface area contributed by atoms with Crippen molar-refractivity contribution in [1.29, 1.82) is 0 Å². The maximum atomic E-state index is 14.4. The number of carbonyl (C=O) groups excluding carboxylic acids is 1. The molecule has 5 N–H and O–H groups in total. The molecule has 0 amide bonds. The number of nitrogens with zero attached hydrogens (tertiary/aromatic N) is 2. The minimum Gasteiger partial charge on any atom is -0.459 e. The number of likely N-dealkylation sites (N-methyl/N-ethyl adjacent to an activating group) is 1. The summed E-state index contributed by atoms with van der Waals surface area (Å²) >= 11 is 0. The molecule has 4 fully saturated rings. The molecule has 4 rings (SSSR count). The molecular weight excluding hydrogens is 750 g/mol. The molecule has 0 saturated carbocycles. The van der Waals surface area contributed by atoms with Gasteiger partial charge in [0.05, 0.1) is 35.9 Å². The van der Waals surface area contributed by atoms with Crippen LogP contribution >= 0.6 is 0 Å². The standard InChI is InChI=1S/C43H81N3O12/c1-16-18-46-23-43(58-30(46)9)29(8)54-33(21-41(43,11)52-15)56-35-26(5)37(57-39-34(47)31(45(13)14)19-25(4)53-39)40(10,50)20-24(3)22-44-28(7)36(48)42(12,51)32(17-2)55-38(49)27(35)6/h24-37,39,44,47-48,50-51H,16-23H2,1-15H3/t24-,25-,26+,27-,28-,29+,30?,31+,32-,33+,34-,35+,36-,37-,39+,40?,41-,42-,43+/m1/s1. The van der Waals surface area contributed by atoms with Crippen LogP contribution < -0.4 is 5.32 Å². The number of aliphatic hydroxyl groups is 4. The molecule has 15 heteroatoms. The topological polar surface area (TPSA) is 181 Å². The summed E-state index contributed by atoms with van der Waals surface area (Å²) in [6, 6.07) is -0.850. The number of hydrogen-bond donors (Lipinski definition) is 5. The molecule has 4 saturated heterocycles. The van der Waals surface area contributed by atoms with E-state index in [0.717, 1.165) is 13.0 Å².